The fraction of sp³-hybridized carbons (Fsp3) is 0.350. The number of carbonyl (C=O) groups is 1. The molecule has 1 heterocycles. The molecule has 0 bridgehead atoms. The van der Waals surface area contributed by atoms with Crippen molar-refractivity contribution in [2.45, 2.75) is 6.61 Å². The van der Waals surface area contributed by atoms with Crippen LogP contribution in [0.5, 0.6) is 0 Å². The van der Waals surface area contributed by atoms with Gasteiger partial charge in [-0.2, -0.15) is 0 Å². The lowest BCUT2D eigenvalue weighted by Crippen LogP contribution is -2.44. The van der Waals surface area contributed by atoms with Crippen LogP contribution in [0.4, 0.5) is 11.4 Å². The quantitative estimate of drug-likeness (QED) is 0.910. The van der Waals surface area contributed by atoms with E-state index < -0.39 is 0 Å². The number of nitrogens with one attached hydrogen (secondary N) is 1. The molecular weight excluding hydrogens is 314 g/mol. The molecule has 1 aliphatic heterocycles. The molecular formula is C20H25N3O2. The first kappa shape index (κ1) is 17.5. The van der Waals surface area contributed by atoms with Gasteiger partial charge >= 0.3 is 0 Å². The van der Waals surface area contributed by atoms with Crippen molar-refractivity contribution >= 4 is 17.3 Å². The number of nitrogens with zero attached hydrogens (tertiary/aromatic N) is 2. The third-order valence-electron chi connectivity index (χ3n) is 4.52. The molecule has 3 rings (SSSR count). The molecule has 1 fully saturated rings. The highest BCUT2D eigenvalue weighted by Crippen LogP contribution is 2.20. The van der Waals surface area contributed by atoms with Crippen LogP contribution in [0.1, 0.15) is 15.9 Å². The van der Waals surface area contributed by atoms with E-state index in [1.54, 1.807) is 7.11 Å². The number of hydrogen-bond acceptors (Lipinski definition) is 4. The number of anilines is 2. The third kappa shape index (κ3) is 4.59. The van der Waals surface area contributed by atoms with Crippen LogP contribution in [0, 0.1) is 0 Å². The fourth-order valence-electron chi connectivity index (χ4n) is 2.94. The predicted molar refractivity (Wildman–Crippen MR) is 101 cm³/mol. The standard InChI is InChI=1S/C20H25N3O2/c1-22-11-13-23(14-12-22)19-9-7-18(8-10-19)21-20(24)17-5-3-16(4-6-17)15-25-2/h3-10H,11-15H2,1-2H3,(H,21,24). The molecule has 2 aromatic carbocycles. The maximum absolute atomic E-state index is 12.3. The summed E-state index contributed by atoms with van der Waals surface area (Å²) in [6, 6.07) is 15.5. The van der Waals surface area contributed by atoms with E-state index in [9.17, 15) is 4.79 Å². The van der Waals surface area contributed by atoms with Crippen LogP contribution in [0.3, 0.4) is 0 Å². The summed E-state index contributed by atoms with van der Waals surface area (Å²) in [6.45, 7) is 4.79. The summed E-state index contributed by atoms with van der Waals surface area (Å²) in [5, 5.41) is 2.95. The summed E-state index contributed by atoms with van der Waals surface area (Å²) in [7, 11) is 3.81. The molecule has 2 aromatic rings. The highest BCUT2D eigenvalue weighted by Gasteiger charge is 2.14. The van der Waals surface area contributed by atoms with Crippen LogP contribution >= 0.6 is 0 Å². The molecule has 0 spiro atoms. The zero-order valence-corrected chi connectivity index (χ0v) is 14.9. The molecule has 0 atom stereocenters. The second-order valence-corrected chi connectivity index (χ2v) is 6.42. The number of benzene rings is 2. The van der Waals surface area contributed by atoms with E-state index in [0.717, 1.165) is 37.4 Å². The molecule has 5 heteroatoms. The van der Waals surface area contributed by atoms with Gasteiger partial charge in [0.2, 0.25) is 0 Å². The van der Waals surface area contributed by atoms with E-state index in [4.69, 9.17) is 4.74 Å². The van der Waals surface area contributed by atoms with E-state index in [2.05, 4.69) is 34.3 Å². The van der Waals surface area contributed by atoms with Gasteiger partial charge in [-0.3, -0.25) is 4.79 Å². The van der Waals surface area contributed by atoms with Crippen molar-refractivity contribution in [3.05, 3.63) is 59.7 Å². The van der Waals surface area contributed by atoms with Crippen LogP contribution < -0.4 is 10.2 Å². The smallest absolute Gasteiger partial charge is 0.255 e. The zero-order valence-electron chi connectivity index (χ0n) is 14.9. The molecule has 1 N–H and O–H groups in total. The monoisotopic (exact) mass is 339 g/mol. The van der Waals surface area contributed by atoms with Crippen molar-refractivity contribution in [2.24, 2.45) is 0 Å². The number of methoxy groups -OCH3 is 1. The van der Waals surface area contributed by atoms with E-state index >= 15 is 0 Å². The fourth-order valence-corrected chi connectivity index (χ4v) is 2.94. The van der Waals surface area contributed by atoms with E-state index in [-0.39, 0.29) is 5.91 Å². The van der Waals surface area contributed by atoms with Crippen LogP contribution in [-0.2, 0) is 11.3 Å². The van der Waals surface area contributed by atoms with Crippen molar-refractivity contribution in [1.82, 2.24) is 4.90 Å². The Bertz CT molecular complexity index is 690. The lowest BCUT2D eigenvalue weighted by atomic mass is 10.1. The molecule has 0 aromatic heterocycles. The normalized spacial score (nSPS) is 15.2. The molecule has 1 amide bonds. The van der Waals surface area contributed by atoms with Crippen LogP contribution in [-0.4, -0.2) is 51.1 Å². The van der Waals surface area contributed by atoms with E-state index in [1.165, 1.54) is 5.69 Å². The van der Waals surface area contributed by atoms with Gasteiger partial charge in [0.1, 0.15) is 0 Å². The number of rotatable bonds is 5. The Balaban J connectivity index is 1.60. The highest BCUT2D eigenvalue weighted by molar-refractivity contribution is 6.04. The summed E-state index contributed by atoms with van der Waals surface area (Å²) in [4.78, 5) is 17.1. The Morgan fingerprint density at radius 3 is 2.24 bits per heavy atom. The minimum absolute atomic E-state index is 0.101. The highest BCUT2D eigenvalue weighted by atomic mass is 16.5. The molecule has 0 unspecified atom stereocenters. The minimum Gasteiger partial charge on any atom is -0.380 e. The lowest BCUT2D eigenvalue weighted by Gasteiger charge is -2.34. The van der Waals surface area contributed by atoms with Crippen LogP contribution in [0.2, 0.25) is 0 Å². The van der Waals surface area contributed by atoms with Crippen molar-refractivity contribution < 1.29 is 9.53 Å². The van der Waals surface area contributed by atoms with Gasteiger partial charge in [-0.25, -0.2) is 0 Å². The van der Waals surface area contributed by atoms with Crippen molar-refractivity contribution in [1.29, 1.82) is 0 Å². The first-order valence-corrected chi connectivity index (χ1v) is 8.58. The predicted octanol–water partition coefficient (Wildman–Crippen LogP) is 2.84. The Labute approximate surface area is 149 Å². The number of likely N-dealkylation sites (N-methyl/N-ethyl adjacent to an activating group) is 1. The SMILES string of the molecule is COCc1ccc(C(=O)Nc2ccc(N3CCN(C)CC3)cc2)cc1. The molecule has 132 valence electrons. The molecule has 1 saturated heterocycles. The number of carbonyl (C=O) groups excluding carboxylic acids is 1. The molecule has 5 nitrogen and oxygen atoms in total. The molecule has 0 aliphatic carbocycles. The lowest BCUT2D eigenvalue weighted by molar-refractivity contribution is 0.102. The number of hydrogen-bond donors (Lipinski definition) is 1. The Kier molecular flexibility index (Phi) is 5.68. The summed E-state index contributed by atoms with van der Waals surface area (Å²) in [5.74, 6) is -0.101. The van der Waals surface area contributed by atoms with Gasteiger partial charge in [0.25, 0.3) is 5.91 Å². The summed E-state index contributed by atoms with van der Waals surface area (Å²) in [5.41, 5.74) is 3.71. The van der Waals surface area contributed by atoms with Crippen LogP contribution in [0.25, 0.3) is 0 Å². The van der Waals surface area contributed by atoms with E-state index in [1.807, 2.05) is 36.4 Å². The first-order valence-electron chi connectivity index (χ1n) is 8.58. The summed E-state index contributed by atoms with van der Waals surface area (Å²) >= 11 is 0. The zero-order chi connectivity index (χ0) is 17.6. The second kappa shape index (κ2) is 8.14. The molecule has 0 saturated carbocycles. The van der Waals surface area contributed by atoms with Crippen LogP contribution in [0.15, 0.2) is 48.5 Å². The summed E-state index contributed by atoms with van der Waals surface area (Å²) < 4.78 is 5.08. The third-order valence-corrected chi connectivity index (χ3v) is 4.52. The summed E-state index contributed by atoms with van der Waals surface area (Å²) in [6.07, 6.45) is 0. The van der Waals surface area contributed by atoms with Gasteiger partial charge in [-0.15, -0.1) is 0 Å². The van der Waals surface area contributed by atoms with Crippen molar-refractivity contribution in [2.75, 3.05) is 50.6 Å². The maximum atomic E-state index is 12.3. The van der Waals surface area contributed by atoms with Gasteiger partial charge in [-0.05, 0) is 49.0 Å². The molecule has 1 aliphatic rings. The second-order valence-electron chi connectivity index (χ2n) is 6.42. The van der Waals surface area contributed by atoms with Gasteiger partial charge < -0.3 is 19.9 Å². The minimum atomic E-state index is -0.101. The average molecular weight is 339 g/mol. The number of piperazine rings is 1. The Morgan fingerprint density at radius 2 is 1.64 bits per heavy atom. The van der Waals surface area contributed by atoms with Gasteiger partial charge in [0, 0.05) is 50.2 Å². The number of ether oxygens (including phenoxy) is 1. The van der Waals surface area contributed by atoms with Crippen molar-refractivity contribution in [3.8, 4) is 0 Å². The van der Waals surface area contributed by atoms with E-state index in [0.29, 0.717) is 12.2 Å². The number of amides is 1. The maximum Gasteiger partial charge on any atom is 0.255 e. The molecule has 0 radical (unpaired) electrons. The average Bonchev–Trinajstić information content (AvgIpc) is 2.64. The van der Waals surface area contributed by atoms with Gasteiger partial charge in [-0.1, -0.05) is 12.1 Å². The van der Waals surface area contributed by atoms with Crippen molar-refractivity contribution in [3.63, 3.8) is 0 Å². The molecule has 25 heavy (non-hydrogen) atoms. The largest absolute Gasteiger partial charge is 0.380 e. The van der Waals surface area contributed by atoms with Gasteiger partial charge in [0.15, 0.2) is 0 Å². The Morgan fingerprint density at radius 1 is 1.00 bits per heavy atom. The Hall–Kier alpha value is -2.37. The van der Waals surface area contributed by atoms with Gasteiger partial charge in [0.05, 0.1) is 6.61 Å². The topological polar surface area (TPSA) is 44.8 Å². The first-order chi connectivity index (χ1) is 12.2.